The first-order chi connectivity index (χ1) is 13.3. The molecule has 4 heteroatoms. The number of hydrogen-bond acceptors (Lipinski definition) is 2. The van der Waals surface area contributed by atoms with Crippen LogP contribution in [0, 0.1) is 0 Å². The third-order valence-corrected chi connectivity index (χ3v) is 5.10. The zero-order valence-corrected chi connectivity index (χ0v) is 16.8. The number of amides is 1. The highest BCUT2D eigenvalue weighted by molar-refractivity contribution is 5.74. The second-order valence-electron chi connectivity index (χ2n) is 7.40. The van der Waals surface area contributed by atoms with Crippen molar-refractivity contribution in [1.82, 2.24) is 9.97 Å². The monoisotopic (exact) mass is 369 g/mol. The lowest BCUT2D eigenvalue weighted by Crippen LogP contribution is -2.22. The first-order valence-corrected chi connectivity index (χ1v) is 10.6. The van der Waals surface area contributed by atoms with Crippen LogP contribution in [-0.4, -0.2) is 22.9 Å². The number of rotatable bonds is 15. The average molecular weight is 370 g/mol. The summed E-state index contributed by atoms with van der Waals surface area (Å²) >= 11 is 0. The van der Waals surface area contributed by atoms with E-state index in [-0.39, 0.29) is 0 Å². The largest absolute Gasteiger partial charge is 0.348 e. The molecule has 4 nitrogen and oxygen atoms in total. The Hall–Kier alpha value is -2.10. The fourth-order valence-corrected chi connectivity index (χ4v) is 3.42. The highest BCUT2D eigenvalue weighted by Gasteiger charge is 2.05. The molecule has 27 heavy (non-hydrogen) atoms. The molecule has 1 heterocycles. The average Bonchev–Trinajstić information content (AvgIpc) is 3.20. The third-order valence-electron chi connectivity index (χ3n) is 5.10. The van der Waals surface area contributed by atoms with E-state index < -0.39 is 0 Å². The molecule has 0 spiro atoms. The molecule has 1 aromatic heterocycles. The van der Waals surface area contributed by atoms with Crippen molar-refractivity contribution in [2.24, 2.45) is 0 Å². The zero-order chi connectivity index (χ0) is 19.2. The third kappa shape index (κ3) is 8.42. The number of unbranched alkanes of at least 4 members (excludes halogenated alkanes) is 9. The summed E-state index contributed by atoms with van der Waals surface area (Å²) in [6, 6.07) is 8.25. The van der Waals surface area contributed by atoms with Gasteiger partial charge >= 0.3 is 0 Å². The predicted molar refractivity (Wildman–Crippen MR) is 113 cm³/mol. The highest BCUT2D eigenvalue weighted by atomic mass is 16.1. The molecule has 0 saturated heterocycles. The Labute approximate surface area is 164 Å². The summed E-state index contributed by atoms with van der Waals surface area (Å²) in [6.07, 6.45) is 18.4. The Bertz CT molecular complexity index is 607. The van der Waals surface area contributed by atoms with Crippen LogP contribution in [0.4, 0.5) is 5.69 Å². The SMILES string of the molecule is CCCCCCCCCCCCN(C=O)c1ccc(Cc2cnc[nH]2)cc1. The molecule has 0 saturated carbocycles. The minimum absolute atomic E-state index is 0.805. The topological polar surface area (TPSA) is 49.0 Å². The lowest BCUT2D eigenvalue weighted by atomic mass is 10.1. The fraction of sp³-hybridized carbons (Fsp3) is 0.565. The molecule has 0 radical (unpaired) electrons. The Morgan fingerprint density at radius 3 is 2.11 bits per heavy atom. The first-order valence-electron chi connectivity index (χ1n) is 10.6. The molecule has 2 aromatic rings. The van der Waals surface area contributed by atoms with E-state index in [2.05, 4.69) is 29.0 Å². The van der Waals surface area contributed by atoms with E-state index in [0.29, 0.717) is 0 Å². The molecule has 1 N–H and O–H groups in total. The normalized spacial score (nSPS) is 10.9. The molecule has 2 rings (SSSR count). The van der Waals surface area contributed by atoms with Crippen molar-refractivity contribution in [3.05, 3.63) is 48.0 Å². The van der Waals surface area contributed by atoms with E-state index >= 15 is 0 Å². The van der Waals surface area contributed by atoms with Gasteiger partial charge in [0.25, 0.3) is 0 Å². The summed E-state index contributed by atoms with van der Waals surface area (Å²) < 4.78 is 0. The number of carbonyl (C=O) groups is 1. The maximum absolute atomic E-state index is 11.5. The molecule has 0 aliphatic heterocycles. The zero-order valence-electron chi connectivity index (χ0n) is 16.8. The van der Waals surface area contributed by atoms with Gasteiger partial charge < -0.3 is 9.88 Å². The van der Waals surface area contributed by atoms with Crippen LogP contribution in [0.5, 0.6) is 0 Å². The second kappa shape index (κ2) is 13.1. The fourth-order valence-electron chi connectivity index (χ4n) is 3.42. The van der Waals surface area contributed by atoms with E-state index in [1.54, 1.807) is 6.33 Å². The van der Waals surface area contributed by atoms with Crippen LogP contribution < -0.4 is 4.90 Å². The Morgan fingerprint density at radius 1 is 0.926 bits per heavy atom. The van der Waals surface area contributed by atoms with Gasteiger partial charge in [-0.05, 0) is 24.1 Å². The first kappa shape index (κ1) is 21.2. The number of benzene rings is 1. The summed E-state index contributed by atoms with van der Waals surface area (Å²) in [5.41, 5.74) is 3.29. The van der Waals surface area contributed by atoms with E-state index in [9.17, 15) is 4.79 Å². The predicted octanol–water partition coefficient (Wildman–Crippen LogP) is 5.88. The minimum atomic E-state index is 0.805. The van der Waals surface area contributed by atoms with Crippen LogP contribution in [0.25, 0.3) is 0 Å². The maximum Gasteiger partial charge on any atom is 0.214 e. The van der Waals surface area contributed by atoms with Gasteiger partial charge in [-0.15, -0.1) is 0 Å². The molecule has 0 aliphatic carbocycles. The number of hydrogen-bond donors (Lipinski definition) is 1. The molecule has 148 valence electrons. The number of H-pyrrole nitrogens is 1. The molecule has 1 amide bonds. The summed E-state index contributed by atoms with van der Waals surface area (Å²) in [7, 11) is 0. The van der Waals surface area contributed by atoms with Crippen LogP contribution in [0.3, 0.4) is 0 Å². The van der Waals surface area contributed by atoms with Crippen LogP contribution in [0.1, 0.15) is 82.4 Å². The van der Waals surface area contributed by atoms with Crippen LogP contribution in [0.2, 0.25) is 0 Å². The van der Waals surface area contributed by atoms with E-state index in [1.807, 2.05) is 23.2 Å². The Morgan fingerprint density at radius 2 is 1.56 bits per heavy atom. The highest BCUT2D eigenvalue weighted by Crippen LogP contribution is 2.17. The van der Waals surface area contributed by atoms with Crippen LogP contribution in [-0.2, 0) is 11.2 Å². The molecule has 0 unspecified atom stereocenters. The van der Waals surface area contributed by atoms with Crippen LogP contribution in [0.15, 0.2) is 36.8 Å². The maximum atomic E-state index is 11.5. The second-order valence-corrected chi connectivity index (χ2v) is 7.40. The van der Waals surface area contributed by atoms with E-state index in [0.717, 1.165) is 37.2 Å². The van der Waals surface area contributed by atoms with E-state index in [1.165, 1.54) is 63.4 Å². The van der Waals surface area contributed by atoms with Gasteiger partial charge in [0.2, 0.25) is 6.41 Å². The van der Waals surface area contributed by atoms with Gasteiger partial charge in [-0.1, -0.05) is 76.8 Å². The van der Waals surface area contributed by atoms with E-state index in [4.69, 9.17) is 0 Å². The van der Waals surface area contributed by atoms with Crippen molar-refractivity contribution in [2.45, 2.75) is 77.6 Å². The van der Waals surface area contributed by atoms with Gasteiger partial charge in [-0.3, -0.25) is 4.79 Å². The van der Waals surface area contributed by atoms with Crippen molar-refractivity contribution in [3.8, 4) is 0 Å². The molecule has 0 bridgehead atoms. The smallest absolute Gasteiger partial charge is 0.214 e. The lowest BCUT2D eigenvalue weighted by Gasteiger charge is -2.17. The molecule has 1 aromatic carbocycles. The number of aromatic amines is 1. The molecule has 0 atom stereocenters. The Kier molecular flexibility index (Phi) is 10.3. The van der Waals surface area contributed by atoms with Gasteiger partial charge in [-0.2, -0.15) is 0 Å². The van der Waals surface area contributed by atoms with Crippen molar-refractivity contribution in [3.63, 3.8) is 0 Å². The number of nitrogens with one attached hydrogen (secondary N) is 1. The summed E-state index contributed by atoms with van der Waals surface area (Å²) in [5, 5.41) is 0. The number of anilines is 1. The summed E-state index contributed by atoms with van der Waals surface area (Å²) in [5.74, 6) is 0. The lowest BCUT2D eigenvalue weighted by molar-refractivity contribution is -0.107. The number of aromatic nitrogens is 2. The molecule has 0 aliphatic rings. The Balaban J connectivity index is 1.61. The van der Waals surface area contributed by atoms with Crippen molar-refractivity contribution >= 4 is 12.1 Å². The molecular formula is C23H35N3O. The van der Waals surface area contributed by atoms with Gasteiger partial charge in [0.05, 0.1) is 6.33 Å². The number of carbonyl (C=O) groups excluding carboxylic acids is 1. The minimum Gasteiger partial charge on any atom is -0.348 e. The molecular weight excluding hydrogens is 334 g/mol. The van der Waals surface area contributed by atoms with Gasteiger partial charge in [-0.25, -0.2) is 4.98 Å². The van der Waals surface area contributed by atoms with Crippen LogP contribution >= 0.6 is 0 Å². The quantitative estimate of drug-likeness (QED) is 0.314. The van der Waals surface area contributed by atoms with Crippen molar-refractivity contribution < 1.29 is 4.79 Å². The summed E-state index contributed by atoms with van der Waals surface area (Å²) in [4.78, 5) is 20.4. The number of imidazole rings is 1. The van der Waals surface area contributed by atoms with Crippen molar-refractivity contribution in [1.29, 1.82) is 0 Å². The van der Waals surface area contributed by atoms with Gasteiger partial charge in [0, 0.05) is 30.5 Å². The number of nitrogens with zero attached hydrogens (tertiary/aromatic N) is 2. The summed E-state index contributed by atoms with van der Waals surface area (Å²) in [6.45, 7) is 3.07. The van der Waals surface area contributed by atoms with Gasteiger partial charge in [0.15, 0.2) is 0 Å². The standard InChI is InChI=1S/C23H35N3O/c1-2-3-4-5-6-7-8-9-10-11-16-26(20-27)23-14-12-21(13-15-23)17-22-18-24-19-25-22/h12-15,18-20H,2-11,16-17H2,1H3,(H,24,25). The van der Waals surface area contributed by atoms with Crippen molar-refractivity contribution in [2.75, 3.05) is 11.4 Å². The molecule has 0 fully saturated rings. The van der Waals surface area contributed by atoms with Gasteiger partial charge in [0.1, 0.15) is 0 Å².